The Morgan fingerprint density at radius 3 is 2.70 bits per heavy atom. The van der Waals surface area contributed by atoms with Gasteiger partial charge in [0.25, 0.3) is 5.69 Å². The SMILES string of the molecule is C[C@@H](O)[C@H]1C(=O)N2C(C(=S)OCc3ccc([N+](=O)[O-])cc3)=C(C3CCNC3=O)S[C@H]12. The van der Waals surface area contributed by atoms with E-state index in [0.29, 0.717) is 29.1 Å². The molecular weight excluding hydrogens is 430 g/mol. The zero-order valence-electron chi connectivity index (χ0n) is 15.9. The first-order chi connectivity index (χ1) is 14.3. The van der Waals surface area contributed by atoms with Crippen LogP contribution in [0.15, 0.2) is 34.9 Å². The number of carbonyl (C=O) groups excluding carboxylic acids is 2. The number of fused-ring (bicyclic) bond motifs is 1. The zero-order chi connectivity index (χ0) is 21.6. The van der Waals surface area contributed by atoms with Crippen molar-refractivity contribution in [2.24, 2.45) is 11.8 Å². The van der Waals surface area contributed by atoms with Gasteiger partial charge in [0.2, 0.25) is 16.9 Å². The quantitative estimate of drug-likeness (QED) is 0.291. The topological polar surface area (TPSA) is 122 Å². The molecule has 30 heavy (non-hydrogen) atoms. The van der Waals surface area contributed by atoms with Crippen molar-refractivity contribution in [3.05, 3.63) is 50.5 Å². The van der Waals surface area contributed by atoms with Gasteiger partial charge in [0.1, 0.15) is 17.7 Å². The van der Waals surface area contributed by atoms with Crippen molar-refractivity contribution < 1.29 is 24.4 Å². The van der Waals surface area contributed by atoms with E-state index in [2.05, 4.69) is 5.32 Å². The van der Waals surface area contributed by atoms with Gasteiger partial charge in [-0.05, 0) is 43.3 Å². The second kappa shape index (κ2) is 7.97. The smallest absolute Gasteiger partial charge is 0.269 e. The molecule has 0 aromatic heterocycles. The molecule has 4 atom stereocenters. The number of aliphatic hydroxyl groups is 1. The summed E-state index contributed by atoms with van der Waals surface area (Å²) in [5.41, 5.74) is 1.08. The highest BCUT2D eigenvalue weighted by molar-refractivity contribution is 8.04. The van der Waals surface area contributed by atoms with E-state index in [1.54, 1.807) is 19.1 Å². The van der Waals surface area contributed by atoms with Crippen LogP contribution in [-0.2, 0) is 20.9 Å². The van der Waals surface area contributed by atoms with Gasteiger partial charge in [-0.2, -0.15) is 0 Å². The summed E-state index contributed by atoms with van der Waals surface area (Å²) in [6.45, 7) is 2.20. The molecule has 0 spiro atoms. The maximum atomic E-state index is 12.7. The number of rotatable bonds is 6. The van der Waals surface area contributed by atoms with Crippen LogP contribution >= 0.6 is 24.0 Å². The number of ether oxygens (including phenoxy) is 1. The number of thiocarbonyl (C=S) groups is 1. The molecule has 3 aliphatic heterocycles. The molecule has 2 fully saturated rings. The first-order valence-corrected chi connectivity index (χ1v) is 10.7. The van der Waals surface area contributed by atoms with Crippen molar-refractivity contribution in [1.82, 2.24) is 10.2 Å². The number of amides is 2. The minimum atomic E-state index is -0.807. The summed E-state index contributed by atoms with van der Waals surface area (Å²) in [4.78, 5) is 37.4. The average Bonchev–Trinajstić information content (AvgIpc) is 3.27. The van der Waals surface area contributed by atoms with Gasteiger partial charge >= 0.3 is 0 Å². The van der Waals surface area contributed by atoms with E-state index in [0.717, 1.165) is 0 Å². The molecular formula is C19H19N3O6S2. The van der Waals surface area contributed by atoms with E-state index < -0.39 is 22.9 Å². The second-order valence-electron chi connectivity index (χ2n) is 7.33. The first-order valence-electron chi connectivity index (χ1n) is 9.39. The highest BCUT2D eigenvalue weighted by atomic mass is 32.2. The number of aliphatic hydroxyl groups excluding tert-OH is 1. The molecule has 3 heterocycles. The lowest BCUT2D eigenvalue weighted by atomic mass is 9.92. The van der Waals surface area contributed by atoms with Crippen LogP contribution in [0.2, 0.25) is 0 Å². The van der Waals surface area contributed by atoms with Gasteiger partial charge < -0.3 is 15.2 Å². The second-order valence-corrected chi connectivity index (χ2v) is 8.86. The molecule has 0 aliphatic carbocycles. The van der Waals surface area contributed by atoms with Gasteiger partial charge in [-0.1, -0.05) is 0 Å². The van der Waals surface area contributed by atoms with E-state index >= 15 is 0 Å². The normalized spacial score (nSPS) is 26.2. The molecule has 9 nitrogen and oxygen atoms in total. The molecule has 2 amide bonds. The Morgan fingerprint density at radius 2 is 2.13 bits per heavy atom. The van der Waals surface area contributed by atoms with E-state index in [4.69, 9.17) is 17.0 Å². The van der Waals surface area contributed by atoms with Crippen LogP contribution in [-0.4, -0.2) is 49.8 Å². The number of β-lactam (4-membered cyclic amide) rings is 1. The summed E-state index contributed by atoms with van der Waals surface area (Å²) in [5, 5.41) is 23.3. The van der Waals surface area contributed by atoms with E-state index in [9.17, 15) is 24.8 Å². The Hall–Kier alpha value is -2.50. The van der Waals surface area contributed by atoms with Crippen LogP contribution in [0.1, 0.15) is 18.9 Å². The predicted molar refractivity (Wildman–Crippen MR) is 112 cm³/mol. The Kier molecular flexibility index (Phi) is 5.51. The van der Waals surface area contributed by atoms with Crippen LogP contribution in [0.25, 0.3) is 0 Å². The Balaban J connectivity index is 1.55. The number of nitrogens with zero attached hydrogens (tertiary/aromatic N) is 2. The molecule has 2 saturated heterocycles. The summed E-state index contributed by atoms with van der Waals surface area (Å²) in [6, 6.07) is 5.90. The maximum absolute atomic E-state index is 12.7. The fourth-order valence-corrected chi connectivity index (χ4v) is 5.91. The van der Waals surface area contributed by atoms with E-state index in [-0.39, 0.29) is 34.5 Å². The Labute approximate surface area is 181 Å². The fraction of sp³-hybridized carbons (Fsp3) is 0.421. The van der Waals surface area contributed by atoms with Crippen LogP contribution in [0.5, 0.6) is 0 Å². The van der Waals surface area contributed by atoms with E-state index in [1.807, 2.05) is 0 Å². The van der Waals surface area contributed by atoms with Crippen molar-refractivity contribution in [2.45, 2.75) is 31.4 Å². The summed E-state index contributed by atoms with van der Waals surface area (Å²) in [7, 11) is 0. The predicted octanol–water partition coefficient (Wildman–Crippen LogP) is 1.70. The number of hydrogen-bond acceptors (Lipinski definition) is 8. The number of hydrogen-bond donors (Lipinski definition) is 2. The monoisotopic (exact) mass is 449 g/mol. The molecule has 0 radical (unpaired) electrons. The number of benzene rings is 1. The largest absolute Gasteiger partial charge is 0.477 e. The minimum absolute atomic E-state index is 0.0241. The average molecular weight is 450 g/mol. The van der Waals surface area contributed by atoms with Gasteiger partial charge in [-0.15, -0.1) is 11.8 Å². The standard InChI is InChI=1S/C19H19N3O6S2/c1-9(23)13-17(25)21-14(15(30-18(13)21)12-6-7-20-16(12)24)19(29)28-8-10-2-4-11(5-3-10)22(26)27/h2-5,9,12-13,18,23H,6-8H2,1H3,(H,20,24)/t9-,12?,13+,18-/m1/s1. The van der Waals surface area contributed by atoms with Crippen LogP contribution < -0.4 is 5.32 Å². The highest BCUT2D eigenvalue weighted by Gasteiger charge is 2.58. The molecule has 0 saturated carbocycles. The molecule has 4 rings (SSSR count). The molecule has 3 aliphatic rings. The molecule has 2 N–H and O–H groups in total. The van der Waals surface area contributed by atoms with Gasteiger partial charge in [0.05, 0.1) is 22.9 Å². The molecule has 1 aromatic carbocycles. The number of carbonyl (C=O) groups is 2. The Morgan fingerprint density at radius 1 is 1.43 bits per heavy atom. The molecule has 0 bridgehead atoms. The lowest BCUT2D eigenvalue weighted by molar-refractivity contribution is -0.384. The van der Waals surface area contributed by atoms with Gasteiger partial charge in [-0.3, -0.25) is 24.6 Å². The summed E-state index contributed by atoms with van der Waals surface area (Å²) in [6.07, 6.45) is -0.206. The molecule has 158 valence electrons. The zero-order valence-corrected chi connectivity index (χ0v) is 17.6. The van der Waals surface area contributed by atoms with Crippen molar-refractivity contribution >= 4 is 46.5 Å². The summed E-state index contributed by atoms with van der Waals surface area (Å²) in [5.74, 6) is -1.31. The van der Waals surface area contributed by atoms with Gasteiger partial charge in [-0.25, -0.2) is 0 Å². The Bertz CT molecular complexity index is 962. The highest BCUT2D eigenvalue weighted by Crippen LogP contribution is 2.53. The lowest BCUT2D eigenvalue weighted by Gasteiger charge is -2.44. The van der Waals surface area contributed by atoms with Crippen LogP contribution in [0.3, 0.4) is 0 Å². The molecule has 11 heteroatoms. The first kappa shape index (κ1) is 20.8. The summed E-state index contributed by atoms with van der Waals surface area (Å²) < 4.78 is 5.74. The van der Waals surface area contributed by atoms with Crippen molar-refractivity contribution in [1.29, 1.82) is 0 Å². The van der Waals surface area contributed by atoms with Gasteiger partial charge in [0.15, 0.2) is 0 Å². The van der Waals surface area contributed by atoms with Crippen molar-refractivity contribution in [2.75, 3.05) is 6.54 Å². The number of nitro groups is 1. The van der Waals surface area contributed by atoms with E-state index in [1.165, 1.54) is 28.8 Å². The van der Waals surface area contributed by atoms with Crippen LogP contribution in [0, 0.1) is 22.0 Å². The maximum Gasteiger partial charge on any atom is 0.269 e. The molecule has 1 aromatic rings. The number of nitrogens with one attached hydrogen (secondary N) is 1. The summed E-state index contributed by atoms with van der Waals surface area (Å²) >= 11 is 6.85. The molecule has 1 unspecified atom stereocenters. The van der Waals surface area contributed by atoms with Gasteiger partial charge in [0, 0.05) is 23.6 Å². The third-order valence-corrected chi connectivity index (χ3v) is 7.19. The fourth-order valence-electron chi connectivity index (χ4n) is 3.82. The third-order valence-electron chi connectivity index (χ3n) is 5.40. The third kappa shape index (κ3) is 3.46. The minimum Gasteiger partial charge on any atom is -0.477 e. The van der Waals surface area contributed by atoms with Crippen molar-refractivity contribution in [3.8, 4) is 0 Å². The number of nitro benzene ring substituents is 1. The van der Waals surface area contributed by atoms with Crippen molar-refractivity contribution in [3.63, 3.8) is 0 Å². The number of non-ortho nitro benzene ring substituents is 1. The lowest BCUT2D eigenvalue weighted by Crippen LogP contribution is -2.60. The van der Waals surface area contributed by atoms with Crippen LogP contribution in [0.4, 0.5) is 5.69 Å². The number of thioether (sulfide) groups is 1.